The van der Waals surface area contributed by atoms with Crippen LogP contribution in [-0.2, 0) is 9.59 Å². The van der Waals surface area contributed by atoms with E-state index in [1.54, 1.807) is 28.8 Å². The molecule has 3 unspecified atom stereocenters. The number of carbonyl (C=O) groups is 2. The number of tetrazole rings is 1. The van der Waals surface area contributed by atoms with Crippen molar-refractivity contribution >= 4 is 61.3 Å². The number of aromatic hydroxyl groups is 1. The molecule has 2 saturated heterocycles. The number of phenols is 1. The predicted molar refractivity (Wildman–Crippen MR) is 104 cm³/mol. The molecular weight excluding hydrogens is 410 g/mol. The zero-order valence-corrected chi connectivity index (χ0v) is 18.4. The minimum absolute atomic E-state index is 0. The molecule has 2 aliphatic rings. The summed E-state index contributed by atoms with van der Waals surface area (Å²) >= 11 is 1.58. The molecule has 146 valence electrons. The molecule has 2 fully saturated rings. The molecule has 0 aliphatic carbocycles. The van der Waals surface area contributed by atoms with Crippen molar-refractivity contribution in [2.45, 2.75) is 42.1 Å². The van der Waals surface area contributed by atoms with Crippen LogP contribution in [0.15, 0.2) is 24.3 Å². The third-order valence-electron chi connectivity index (χ3n) is 4.88. The molecule has 1 aromatic heterocycles. The smallest absolute Gasteiger partial charge is 1.00 e. The topological polar surface area (TPSA) is 150 Å². The molecule has 0 bridgehead atoms. The van der Waals surface area contributed by atoms with E-state index in [0.717, 1.165) is 0 Å². The van der Waals surface area contributed by atoms with Gasteiger partial charge in [-0.1, -0.05) is 17.3 Å². The molecule has 10 nitrogen and oxygen atoms in total. The number of carbonyl (C=O) groups excluding carboxylic acids is 2. The van der Waals surface area contributed by atoms with E-state index in [4.69, 9.17) is 5.73 Å². The van der Waals surface area contributed by atoms with Gasteiger partial charge < -0.3 is 23.9 Å². The van der Waals surface area contributed by atoms with Gasteiger partial charge in [0.1, 0.15) is 29.2 Å². The minimum Gasteiger partial charge on any atom is -1.00 e. The van der Waals surface area contributed by atoms with Gasteiger partial charge in [-0.3, -0.25) is 9.59 Å². The minimum atomic E-state index is -0.931. The van der Waals surface area contributed by atoms with Crippen LogP contribution in [0, 0.1) is 0 Å². The van der Waals surface area contributed by atoms with Gasteiger partial charge in [0, 0.05) is 4.75 Å². The van der Waals surface area contributed by atoms with Gasteiger partial charge in [-0.2, -0.15) is 5.21 Å². The number of β-lactam (4-membered cyclic amide) rings is 1. The standard InChI is InChI=1S/C16H19N7O3S.Ca.2H/c1-16(2)11(12-19-21-22-20-12)23-14(26)10(15(23)27-16)18-13(25)9(17)7-3-5-8(24)6-4-7;;;/h3-6,9-11,15,24H,17H2,1-2H3,(H,18,25)(H,19,20,21,22);;;/q;+2;2*-1/t9?,10?,11?,15-;;;/m1.../s1. The van der Waals surface area contributed by atoms with Crippen molar-refractivity contribution in [3.8, 4) is 5.75 Å². The summed E-state index contributed by atoms with van der Waals surface area (Å²) in [4.78, 5) is 26.9. The van der Waals surface area contributed by atoms with Gasteiger partial charge in [0.2, 0.25) is 11.8 Å². The molecule has 2 amide bonds. The van der Waals surface area contributed by atoms with Crippen molar-refractivity contribution in [2.75, 3.05) is 0 Å². The van der Waals surface area contributed by atoms with Crippen LogP contribution in [0.5, 0.6) is 5.75 Å². The van der Waals surface area contributed by atoms with E-state index in [1.807, 2.05) is 13.8 Å². The van der Waals surface area contributed by atoms with Crippen molar-refractivity contribution in [1.29, 1.82) is 0 Å². The number of aromatic amines is 1. The number of H-pyrrole nitrogens is 1. The van der Waals surface area contributed by atoms with Crippen LogP contribution in [0.4, 0.5) is 0 Å². The molecule has 2 aliphatic heterocycles. The molecule has 1 aromatic carbocycles. The summed E-state index contributed by atoms with van der Waals surface area (Å²) < 4.78 is -0.331. The monoisotopic (exact) mass is 431 g/mol. The summed E-state index contributed by atoms with van der Waals surface area (Å²) in [5.41, 5.74) is 6.55. The number of fused-ring (bicyclic) bond motifs is 1. The first-order valence-corrected chi connectivity index (χ1v) is 9.26. The number of amides is 2. The Hall–Kier alpha value is -1.40. The van der Waals surface area contributed by atoms with Crippen molar-refractivity contribution in [3.05, 3.63) is 35.7 Å². The predicted octanol–water partition coefficient (Wildman–Crippen LogP) is -0.331. The van der Waals surface area contributed by atoms with Gasteiger partial charge in [0.25, 0.3) is 0 Å². The second-order valence-corrected chi connectivity index (χ2v) is 8.86. The Morgan fingerprint density at radius 1 is 1.43 bits per heavy atom. The maximum absolute atomic E-state index is 12.7. The van der Waals surface area contributed by atoms with E-state index < -0.39 is 18.0 Å². The molecular formula is C16H21CaN7O3S. The summed E-state index contributed by atoms with van der Waals surface area (Å²) in [6.45, 7) is 4.01. The SMILES string of the molecule is CC1(C)S[C@@H]2C(NC(=O)C(N)c3ccc(O)cc3)C(=O)N2C1c1nn[nH]n1.[Ca+2].[H-].[H-]. The Labute approximate surface area is 198 Å². The fourth-order valence-electron chi connectivity index (χ4n) is 3.53. The Bertz CT molecular complexity index is 887. The van der Waals surface area contributed by atoms with Crippen molar-refractivity contribution in [1.82, 2.24) is 30.8 Å². The van der Waals surface area contributed by atoms with Gasteiger partial charge in [0.15, 0.2) is 5.82 Å². The molecule has 28 heavy (non-hydrogen) atoms. The average Bonchev–Trinajstić information content (AvgIpc) is 3.23. The number of aromatic nitrogens is 4. The number of benzene rings is 1. The van der Waals surface area contributed by atoms with Gasteiger partial charge in [-0.05, 0) is 31.5 Å². The van der Waals surface area contributed by atoms with Crippen LogP contribution in [-0.4, -0.2) is 96.3 Å². The van der Waals surface area contributed by atoms with Gasteiger partial charge in [-0.15, -0.1) is 22.0 Å². The number of thioether (sulfide) groups is 1. The summed E-state index contributed by atoms with van der Waals surface area (Å²) in [7, 11) is 0. The average molecular weight is 432 g/mol. The summed E-state index contributed by atoms with van der Waals surface area (Å²) in [6, 6.07) is 4.18. The molecule has 3 heterocycles. The fraction of sp³-hybridized carbons (Fsp3) is 0.438. The first-order chi connectivity index (χ1) is 12.8. The number of phenolic OH excluding ortho intramolecular Hbond substituents is 1. The van der Waals surface area contributed by atoms with Crippen LogP contribution in [0.1, 0.15) is 40.2 Å². The summed E-state index contributed by atoms with van der Waals surface area (Å²) in [5.74, 6) is -0.0959. The number of nitrogens with zero attached hydrogens (tertiary/aromatic N) is 4. The number of rotatable bonds is 4. The van der Waals surface area contributed by atoms with E-state index in [0.29, 0.717) is 11.4 Å². The van der Waals surface area contributed by atoms with Crippen LogP contribution in [0.3, 0.4) is 0 Å². The Morgan fingerprint density at radius 2 is 2.11 bits per heavy atom. The van der Waals surface area contributed by atoms with E-state index in [2.05, 4.69) is 25.9 Å². The van der Waals surface area contributed by atoms with E-state index in [1.165, 1.54) is 12.1 Å². The first kappa shape index (κ1) is 21.3. The molecule has 0 radical (unpaired) electrons. The second-order valence-electron chi connectivity index (χ2n) is 7.09. The normalized spacial score (nSPS) is 26.0. The van der Waals surface area contributed by atoms with E-state index in [9.17, 15) is 14.7 Å². The number of nitrogens with one attached hydrogen (secondary N) is 2. The van der Waals surface area contributed by atoms with Gasteiger partial charge in [-0.25, -0.2) is 0 Å². The van der Waals surface area contributed by atoms with E-state index >= 15 is 0 Å². The van der Waals surface area contributed by atoms with Crippen LogP contribution in [0.25, 0.3) is 0 Å². The molecule has 2 aromatic rings. The third-order valence-corrected chi connectivity index (χ3v) is 6.45. The second kappa shape index (κ2) is 7.79. The Balaban J connectivity index is 0.00000150. The van der Waals surface area contributed by atoms with Crippen LogP contribution >= 0.6 is 11.8 Å². The molecule has 0 spiro atoms. The van der Waals surface area contributed by atoms with Crippen molar-refractivity contribution in [3.63, 3.8) is 0 Å². The van der Waals surface area contributed by atoms with Crippen LogP contribution < -0.4 is 11.1 Å². The molecule has 5 N–H and O–H groups in total. The quantitative estimate of drug-likeness (QED) is 0.380. The Morgan fingerprint density at radius 3 is 2.71 bits per heavy atom. The summed E-state index contributed by atoms with van der Waals surface area (Å²) in [6.07, 6.45) is 0. The van der Waals surface area contributed by atoms with Crippen molar-refractivity contribution < 1.29 is 17.5 Å². The van der Waals surface area contributed by atoms with E-state index in [-0.39, 0.29) is 68.4 Å². The molecule has 12 heteroatoms. The molecule has 4 rings (SSSR count). The summed E-state index contributed by atoms with van der Waals surface area (Å²) in [5, 5.41) is 25.9. The fourth-order valence-corrected chi connectivity index (χ4v) is 5.16. The number of nitrogens with two attached hydrogens (primary N) is 1. The van der Waals surface area contributed by atoms with Crippen molar-refractivity contribution in [2.24, 2.45) is 5.73 Å². The zero-order chi connectivity index (χ0) is 19.3. The number of hydrogen-bond donors (Lipinski definition) is 4. The molecule has 4 atom stereocenters. The zero-order valence-electron chi connectivity index (χ0n) is 17.4. The maximum atomic E-state index is 12.7. The Kier molecular flexibility index (Phi) is 5.93. The van der Waals surface area contributed by atoms with Gasteiger partial charge >= 0.3 is 37.7 Å². The largest absolute Gasteiger partial charge is 2.00 e. The maximum Gasteiger partial charge on any atom is 2.00 e. The van der Waals surface area contributed by atoms with Gasteiger partial charge in [0.05, 0.1) is 0 Å². The first-order valence-electron chi connectivity index (χ1n) is 8.38. The van der Waals surface area contributed by atoms with Crippen LogP contribution in [0.2, 0.25) is 0 Å². The number of hydrogen-bond acceptors (Lipinski definition) is 8. The molecule has 0 saturated carbocycles. The third kappa shape index (κ3) is 3.50.